The predicted octanol–water partition coefficient (Wildman–Crippen LogP) is 3.06. The van der Waals surface area contributed by atoms with E-state index in [4.69, 9.17) is 23.7 Å². The fourth-order valence-electron chi connectivity index (χ4n) is 2.76. The molecule has 8 nitrogen and oxygen atoms in total. The maximum atomic E-state index is 12.4. The van der Waals surface area contributed by atoms with Crippen molar-refractivity contribution >= 4 is 23.6 Å². The third-order valence-electron chi connectivity index (χ3n) is 4.31. The third-order valence-corrected chi connectivity index (χ3v) is 4.31. The van der Waals surface area contributed by atoms with E-state index < -0.39 is 18.0 Å². The van der Waals surface area contributed by atoms with Crippen LogP contribution in [0.1, 0.15) is 12.5 Å². The largest absolute Gasteiger partial charge is 0.497 e. The van der Waals surface area contributed by atoms with Gasteiger partial charge in [-0.2, -0.15) is 0 Å². The third kappa shape index (κ3) is 5.22. The van der Waals surface area contributed by atoms with Gasteiger partial charge in [-0.15, -0.1) is 0 Å². The van der Waals surface area contributed by atoms with Gasteiger partial charge in [0.25, 0.3) is 5.91 Å². The normalized spacial score (nSPS) is 13.4. The second-order valence-corrected chi connectivity index (χ2v) is 6.37. The molecular weight excluding hydrogens is 390 g/mol. The number of rotatable bonds is 7. The summed E-state index contributed by atoms with van der Waals surface area (Å²) in [5.41, 5.74) is 1.16. The summed E-state index contributed by atoms with van der Waals surface area (Å²) in [6.45, 7) is 2.43. The first kappa shape index (κ1) is 21.0. The first-order chi connectivity index (χ1) is 14.5. The number of carbonyl (C=O) groups is 2. The van der Waals surface area contributed by atoms with Gasteiger partial charge in [0.1, 0.15) is 24.7 Å². The fraction of sp³-hybridized carbons (Fsp3) is 0.273. The SMILES string of the molecule is COc1ccc(OC)c(/C=C/C(=O)O[C@@H](C)C(=O)Nc2ccc3c(c2)OCCO3)c1. The standard InChI is InChI=1S/C22H23NO7/c1-14(22(25)23-16-5-7-19-20(13-16)29-11-10-28-19)30-21(24)9-4-15-12-17(26-2)6-8-18(15)27-3/h4-9,12-14H,10-11H2,1-3H3,(H,23,25)/b9-4+/t14-/m0/s1. The Kier molecular flexibility index (Phi) is 6.79. The van der Waals surface area contributed by atoms with E-state index in [9.17, 15) is 9.59 Å². The predicted molar refractivity (Wildman–Crippen MR) is 110 cm³/mol. The molecule has 1 atom stereocenters. The minimum Gasteiger partial charge on any atom is -0.497 e. The molecule has 1 heterocycles. The molecule has 1 aliphatic rings. The molecule has 0 unspecified atom stereocenters. The van der Waals surface area contributed by atoms with E-state index in [2.05, 4.69) is 5.32 Å². The van der Waals surface area contributed by atoms with Crippen molar-refractivity contribution < 1.29 is 33.3 Å². The highest BCUT2D eigenvalue weighted by Gasteiger charge is 2.18. The van der Waals surface area contributed by atoms with Crippen LogP contribution in [0.2, 0.25) is 0 Å². The molecule has 0 radical (unpaired) electrons. The first-order valence-electron chi connectivity index (χ1n) is 9.31. The molecular formula is C22H23NO7. The topological polar surface area (TPSA) is 92.3 Å². The van der Waals surface area contributed by atoms with E-state index in [1.54, 1.807) is 43.5 Å². The highest BCUT2D eigenvalue weighted by molar-refractivity contribution is 5.97. The summed E-state index contributed by atoms with van der Waals surface area (Å²) >= 11 is 0. The number of methoxy groups -OCH3 is 2. The monoisotopic (exact) mass is 413 g/mol. The summed E-state index contributed by atoms with van der Waals surface area (Å²) < 4.78 is 26.6. The van der Waals surface area contributed by atoms with Gasteiger partial charge in [-0.05, 0) is 43.3 Å². The van der Waals surface area contributed by atoms with Gasteiger partial charge in [-0.3, -0.25) is 4.79 Å². The number of hydrogen-bond donors (Lipinski definition) is 1. The summed E-state index contributed by atoms with van der Waals surface area (Å²) in [5.74, 6) is 1.24. The van der Waals surface area contributed by atoms with E-state index in [0.717, 1.165) is 0 Å². The average molecular weight is 413 g/mol. The highest BCUT2D eigenvalue weighted by atomic mass is 16.6. The molecule has 8 heteroatoms. The number of anilines is 1. The van der Waals surface area contributed by atoms with Crippen LogP contribution in [0.5, 0.6) is 23.0 Å². The van der Waals surface area contributed by atoms with Crippen molar-refractivity contribution in [3.05, 3.63) is 48.0 Å². The van der Waals surface area contributed by atoms with Crippen molar-refractivity contribution in [2.45, 2.75) is 13.0 Å². The minimum atomic E-state index is -0.998. The highest BCUT2D eigenvalue weighted by Crippen LogP contribution is 2.32. The van der Waals surface area contributed by atoms with Gasteiger partial charge in [-0.25, -0.2) is 4.79 Å². The van der Waals surface area contributed by atoms with Crippen LogP contribution in [-0.2, 0) is 14.3 Å². The zero-order valence-electron chi connectivity index (χ0n) is 17.0. The number of fused-ring (bicyclic) bond motifs is 1. The molecule has 0 aliphatic carbocycles. The summed E-state index contributed by atoms with van der Waals surface area (Å²) in [4.78, 5) is 24.5. The van der Waals surface area contributed by atoms with Crippen LogP contribution in [0.25, 0.3) is 6.08 Å². The number of hydrogen-bond acceptors (Lipinski definition) is 7. The van der Waals surface area contributed by atoms with E-state index in [-0.39, 0.29) is 0 Å². The molecule has 0 saturated heterocycles. The number of amides is 1. The molecule has 0 aromatic heterocycles. The summed E-state index contributed by atoms with van der Waals surface area (Å²) in [6.07, 6.45) is 1.77. The second kappa shape index (κ2) is 9.69. The second-order valence-electron chi connectivity index (χ2n) is 6.37. The van der Waals surface area contributed by atoms with Crippen molar-refractivity contribution in [1.82, 2.24) is 0 Å². The first-order valence-corrected chi connectivity index (χ1v) is 9.31. The lowest BCUT2D eigenvalue weighted by molar-refractivity contribution is -0.148. The Morgan fingerprint density at radius 1 is 1.03 bits per heavy atom. The molecule has 2 aromatic rings. The molecule has 2 aromatic carbocycles. The van der Waals surface area contributed by atoms with E-state index >= 15 is 0 Å². The average Bonchev–Trinajstić information content (AvgIpc) is 2.77. The number of carbonyl (C=O) groups excluding carboxylic acids is 2. The molecule has 0 spiro atoms. The van der Waals surface area contributed by atoms with Crippen molar-refractivity contribution in [3.8, 4) is 23.0 Å². The Morgan fingerprint density at radius 3 is 2.53 bits per heavy atom. The lowest BCUT2D eigenvalue weighted by Gasteiger charge is -2.19. The molecule has 158 valence electrons. The Labute approximate surface area is 174 Å². The van der Waals surface area contributed by atoms with E-state index in [1.165, 1.54) is 26.2 Å². The van der Waals surface area contributed by atoms with Gasteiger partial charge in [-0.1, -0.05) is 0 Å². The van der Waals surface area contributed by atoms with Crippen LogP contribution in [0.3, 0.4) is 0 Å². The summed E-state index contributed by atoms with van der Waals surface area (Å²) in [5, 5.41) is 2.69. The number of nitrogens with one attached hydrogen (secondary N) is 1. The maximum absolute atomic E-state index is 12.4. The zero-order chi connectivity index (χ0) is 21.5. The molecule has 30 heavy (non-hydrogen) atoms. The molecule has 1 N–H and O–H groups in total. The summed E-state index contributed by atoms with van der Waals surface area (Å²) in [6, 6.07) is 10.3. The lowest BCUT2D eigenvalue weighted by atomic mass is 10.1. The van der Waals surface area contributed by atoms with Gasteiger partial charge in [0.15, 0.2) is 17.6 Å². The Hall–Kier alpha value is -3.68. The van der Waals surface area contributed by atoms with Crippen LogP contribution in [0.15, 0.2) is 42.5 Å². The minimum absolute atomic E-state index is 0.447. The maximum Gasteiger partial charge on any atom is 0.331 e. The molecule has 0 saturated carbocycles. The van der Waals surface area contributed by atoms with Crippen molar-refractivity contribution in [1.29, 1.82) is 0 Å². The van der Waals surface area contributed by atoms with Gasteiger partial charge in [0.05, 0.1) is 14.2 Å². The van der Waals surface area contributed by atoms with Gasteiger partial charge in [0, 0.05) is 23.4 Å². The van der Waals surface area contributed by atoms with Crippen molar-refractivity contribution in [3.63, 3.8) is 0 Å². The fourth-order valence-corrected chi connectivity index (χ4v) is 2.76. The summed E-state index contributed by atoms with van der Waals surface area (Å²) in [7, 11) is 3.08. The van der Waals surface area contributed by atoms with Crippen LogP contribution < -0.4 is 24.3 Å². The Morgan fingerprint density at radius 2 is 1.80 bits per heavy atom. The molecule has 1 aliphatic heterocycles. The van der Waals surface area contributed by atoms with Crippen LogP contribution in [0.4, 0.5) is 5.69 Å². The van der Waals surface area contributed by atoms with E-state index in [0.29, 0.717) is 47.5 Å². The lowest BCUT2D eigenvalue weighted by Crippen LogP contribution is -2.29. The zero-order valence-corrected chi connectivity index (χ0v) is 17.0. The van der Waals surface area contributed by atoms with Gasteiger partial charge < -0.3 is 29.0 Å². The Bertz CT molecular complexity index is 954. The number of esters is 1. The Balaban J connectivity index is 1.58. The number of ether oxygens (including phenoxy) is 5. The van der Waals surface area contributed by atoms with Crippen molar-refractivity contribution in [2.24, 2.45) is 0 Å². The molecule has 1 amide bonds. The molecule has 0 bridgehead atoms. The quantitative estimate of drug-likeness (QED) is 0.551. The van der Waals surface area contributed by atoms with Gasteiger partial charge >= 0.3 is 5.97 Å². The smallest absolute Gasteiger partial charge is 0.331 e. The van der Waals surface area contributed by atoms with E-state index in [1.807, 2.05) is 0 Å². The molecule has 0 fully saturated rings. The van der Waals surface area contributed by atoms with Crippen LogP contribution in [0, 0.1) is 0 Å². The van der Waals surface area contributed by atoms with Crippen LogP contribution >= 0.6 is 0 Å². The van der Waals surface area contributed by atoms with Gasteiger partial charge in [0.2, 0.25) is 0 Å². The number of benzene rings is 2. The van der Waals surface area contributed by atoms with Crippen LogP contribution in [-0.4, -0.2) is 45.4 Å². The van der Waals surface area contributed by atoms with Crippen molar-refractivity contribution in [2.75, 3.05) is 32.8 Å². The molecule has 3 rings (SSSR count).